The summed E-state index contributed by atoms with van der Waals surface area (Å²) in [5.74, 6) is 1.67. The Morgan fingerprint density at radius 1 is 1.25 bits per heavy atom. The fourth-order valence-corrected chi connectivity index (χ4v) is 2.94. The predicted molar refractivity (Wildman–Crippen MR) is 101 cm³/mol. The third kappa shape index (κ3) is 5.53. The molecular formula is C18H26N4OS. The fraction of sp³-hybridized carbons (Fsp3) is 0.444. The Bertz CT molecular complexity index is 694. The molecule has 0 aliphatic carbocycles. The van der Waals surface area contributed by atoms with E-state index in [-0.39, 0.29) is 6.10 Å². The lowest BCUT2D eigenvalue weighted by molar-refractivity contribution is 0.239. The van der Waals surface area contributed by atoms with E-state index < -0.39 is 0 Å². The zero-order valence-electron chi connectivity index (χ0n) is 15.0. The van der Waals surface area contributed by atoms with E-state index in [9.17, 15) is 0 Å². The molecule has 0 bridgehead atoms. The first-order chi connectivity index (χ1) is 11.5. The van der Waals surface area contributed by atoms with Crippen molar-refractivity contribution in [2.45, 2.75) is 46.9 Å². The molecule has 0 atom stereocenters. The molecule has 1 aromatic heterocycles. The highest BCUT2D eigenvalue weighted by Gasteiger charge is 2.08. The summed E-state index contributed by atoms with van der Waals surface area (Å²) in [6.07, 6.45) is 2.04. The van der Waals surface area contributed by atoms with Gasteiger partial charge in [0.2, 0.25) is 0 Å². The second-order valence-corrected chi connectivity index (χ2v) is 7.24. The summed E-state index contributed by atoms with van der Waals surface area (Å²) < 4.78 is 5.92. The van der Waals surface area contributed by atoms with Crippen LogP contribution in [0.1, 0.15) is 34.9 Å². The van der Waals surface area contributed by atoms with Gasteiger partial charge in [0.15, 0.2) is 5.96 Å². The van der Waals surface area contributed by atoms with Crippen molar-refractivity contribution in [3.63, 3.8) is 0 Å². The van der Waals surface area contributed by atoms with E-state index in [1.807, 2.05) is 20.0 Å². The van der Waals surface area contributed by atoms with Crippen LogP contribution in [0.4, 0.5) is 0 Å². The van der Waals surface area contributed by atoms with Crippen molar-refractivity contribution in [3.05, 3.63) is 45.4 Å². The third-order valence-corrected chi connectivity index (χ3v) is 4.24. The molecule has 0 radical (unpaired) electrons. The quantitative estimate of drug-likeness (QED) is 0.622. The summed E-state index contributed by atoms with van der Waals surface area (Å²) in [5, 5.41) is 7.67. The van der Waals surface area contributed by atoms with Crippen molar-refractivity contribution in [2.75, 3.05) is 7.05 Å². The highest BCUT2D eigenvalue weighted by molar-refractivity contribution is 7.11. The first-order valence-electron chi connectivity index (χ1n) is 8.10. The number of aromatic nitrogens is 1. The van der Waals surface area contributed by atoms with Crippen LogP contribution in [-0.2, 0) is 13.1 Å². The molecule has 0 spiro atoms. The number of nitrogens with zero attached hydrogens (tertiary/aromatic N) is 2. The van der Waals surface area contributed by atoms with Crippen molar-refractivity contribution in [1.29, 1.82) is 0 Å². The van der Waals surface area contributed by atoms with Crippen LogP contribution in [-0.4, -0.2) is 24.1 Å². The zero-order chi connectivity index (χ0) is 17.5. The molecular weight excluding hydrogens is 320 g/mol. The van der Waals surface area contributed by atoms with E-state index in [0.717, 1.165) is 22.3 Å². The number of aryl methyl sites for hydroxylation is 2. The van der Waals surface area contributed by atoms with Crippen LogP contribution in [0.25, 0.3) is 0 Å². The Morgan fingerprint density at radius 2 is 2.00 bits per heavy atom. The van der Waals surface area contributed by atoms with Gasteiger partial charge in [-0.1, -0.05) is 12.1 Å². The number of nitrogens with one attached hydrogen (secondary N) is 2. The predicted octanol–water partition coefficient (Wildman–Crippen LogP) is 3.41. The monoisotopic (exact) mass is 346 g/mol. The first-order valence-corrected chi connectivity index (χ1v) is 8.91. The van der Waals surface area contributed by atoms with Crippen LogP contribution >= 0.6 is 11.3 Å². The smallest absolute Gasteiger partial charge is 0.191 e. The normalized spacial score (nSPS) is 11.7. The van der Waals surface area contributed by atoms with Crippen molar-refractivity contribution < 1.29 is 4.74 Å². The molecule has 0 unspecified atom stereocenters. The van der Waals surface area contributed by atoms with Gasteiger partial charge >= 0.3 is 0 Å². The molecule has 2 rings (SSSR count). The molecule has 0 aliphatic heterocycles. The Balaban J connectivity index is 1.95. The van der Waals surface area contributed by atoms with Crippen molar-refractivity contribution >= 4 is 17.3 Å². The lowest BCUT2D eigenvalue weighted by Crippen LogP contribution is -2.36. The van der Waals surface area contributed by atoms with E-state index in [2.05, 4.69) is 52.7 Å². The van der Waals surface area contributed by atoms with Crippen LogP contribution in [0, 0.1) is 13.8 Å². The van der Waals surface area contributed by atoms with Gasteiger partial charge in [0.25, 0.3) is 0 Å². The maximum Gasteiger partial charge on any atom is 0.191 e. The lowest BCUT2D eigenvalue weighted by Gasteiger charge is -2.17. The van der Waals surface area contributed by atoms with Gasteiger partial charge in [0.05, 0.1) is 12.6 Å². The molecule has 24 heavy (non-hydrogen) atoms. The number of rotatable bonds is 6. The standard InChI is InChI=1S/C18H26N4OS/c1-12(2)23-16-8-13(3)6-7-15(16)10-21-18(19-5)22-11-17-20-9-14(4)24-17/h6-9,12H,10-11H2,1-5H3,(H2,19,21,22). The average Bonchev–Trinajstić information content (AvgIpc) is 2.94. The molecule has 0 saturated heterocycles. The van der Waals surface area contributed by atoms with Crippen molar-refractivity contribution in [1.82, 2.24) is 15.6 Å². The summed E-state index contributed by atoms with van der Waals surface area (Å²) in [7, 11) is 1.77. The van der Waals surface area contributed by atoms with Gasteiger partial charge in [-0.2, -0.15) is 0 Å². The highest BCUT2D eigenvalue weighted by Crippen LogP contribution is 2.21. The van der Waals surface area contributed by atoms with Crippen molar-refractivity contribution in [3.8, 4) is 5.75 Å². The van der Waals surface area contributed by atoms with E-state index in [0.29, 0.717) is 13.1 Å². The topological polar surface area (TPSA) is 58.5 Å². The number of ether oxygens (including phenoxy) is 1. The molecule has 0 aliphatic rings. The largest absolute Gasteiger partial charge is 0.491 e. The van der Waals surface area contributed by atoms with Gasteiger partial charge in [-0.15, -0.1) is 11.3 Å². The number of aliphatic imine (C=N–C) groups is 1. The van der Waals surface area contributed by atoms with Crippen LogP contribution in [0.3, 0.4) is 0 Å². The fourth-order valence-electron chi connectivity index (χ4n) is 2.21. The van der Waals surface area contributed by atoms with Crippen LogP contribution < -0.4 is 15.4 Å². The van der Waals surface area contributed by atoms with Gasteiger partial charge in [-0.3, -0.25) is 4.99 Å². The van der Waals surface area contributed by atoms with Gasteiger partial charge < -0.3 is 15.4 Å². The number of thiazole rings is 1. The van der Waals surface area contributed by atoms with Crippen molar-refractivity contribution in [2.24, 2.45) is 4.99 Å². The number of hydrogen-bond donors (Lipinski definition) is 2. The molecule has 0 saturated carbocycles. The van der Waals surface area contributed by atoms with E-state index in [1.165, 1.54) is 10.4 Å². The minimum atomic E-state index is 0.149. The molecule has 2 N–H and O–H groups in total. The second-order valence-electron chi connectivity index (χ2n) is 5.92. The molecule has 1 aromatic carbocycles. The Kier molecular flexibility index (Phi) is 6.61. The summed E-state index contributed by atoms with van der Waals surface area (Å²) in [6.45, 7) is 9.52. The van der Waals surface area contributed by atoms with Crippen LogP contribution in [0.15, 0.2) is 29.4 Å². The zero-order valence-corrected chi connectivity index (χ0v) is 15.8. The molecule has 0 amide bonds. The second kappa shape index (κ2) is 8.68. The minimum Gasteiger partial charge on any atom is -0.491 e. The summed E-state index contributed by atoms with van der Waals surface area (Å²) in [5.41, 5.74) is 2.30. The van der Waals surface area contributed by atoms with E-state index >= 15 is 0 Å². The molecule has 0 fully saturated rings. The molecule has 5 nitrogen and oxygen atoms in total. The summed E-state index contributed by atoms with van der Waals surface area (Å²) in [6, 6.07) is 6.27. The average molecular weight is 347 g/mol. The number of guanidine groups is 1. The number of benzene rings is 1. The summed E-state index contributed by atoms with van der Waals surface area (Å²) >= 11 is 1.69. The minimum absolute atomic E-state index is 0.149. The SMILES string of the molecule is CN=C(NCc1ncc(C)s1)NCc1ccc(C)cc1OC(C)C. The molecule has 130 valence electrons. The summed E-state index contributed by atoms with van der Waals surface area (Å²) in [4.78, 5) is 9.83. The Hall–Kier alpha value is -2.08. The Morgan fingerprint density at radius 3 is 2.62 bits per heavy atom. The number of hydrogen-bond acceptors (Lipinski definition) is 4. The molecule has 1 heterocycles. The van der Waals surface area contributed by atoms with Gasteiger partial charge in [0.1, 0.15) is 10.8 Å². The van der Waals surface area contributed by atoms with Crippen LogP contribution in [0.2, 0.25) is 0 Å². The van der Waals surface area contributed by atoms with Gasteiger partial charge in [-0.05, 0) is 39.3 Å². The Labute approximate surface area is 148 Å². The maximum absolute atomic E-state index is 5.92. The first kappa shape index (κ1) is 18.3. The lowest BCUT2D eigenvalue weighted by atomic mass is 10.1. The van der Waals surface area contributed by atoms with Crippen LogP contribution in [0.5, 0.6) is 5.75 Å². The maximum atomic E-state index is 5.92. The van der Waals surface area contributed by atoms with Gasteiger partial charge in [-0.25, -0.2) is 4.98 Å². The van der Waals surface area contributed by atoms with Gasteiger partial charge in [0, 0.05) is 30.2 Å². The van der Waals surface area contributed by atoms with E-state index in [1.54, 1.807) is 18.4 Å². The molecule has 6 heteroatoms. The van der Waals surface area contributed by atoms with E-state index in [4.69, 9.17) is 4.74 Å². The molecule has 2 aromatic rings. The highest BCUT2D eigenvalue weighted by atomic mass is 32.1. The third-order valence-electron chi connectivity index (χ3n) is 3.33.